The Morgan fingerprint density at radius 2 is 2.32 bits per heavy atom. The Bertz CT molecular complexity index is 627. The van der Waals surface area contributed by atoms with Crippen molar-refractivity contribution < 1.29 is 5.11 Å². The number of aromatic amines is 1. The first kappa shape index (κ1) is 15.8. The SMILES string of the molecule is CCC1CCCCN1CCC(O)c1cc2cn[nH]c2cc1Cl. The highest BCUT2D eigenvalue weighted by atomic mass is 35.5. The molecule has 1 fully saturated rings. The minimum absolute atomic E-state index is 0.522. The van der Waals surface area contributed by atoms with E-state index in [9.17, 15) is 5.11 Å². The molecule has 0 saturated carbocycles. The molecule has 2 heterocycles. The van der Waals surface area contributed by atoms with Crippen LogP contribution in [-0.2, 0) is 0 Å². The number of H-pyrrole nitrogens is 1. The van der Waals surface area contributed by atoms with Gasteiger partial charge < -0.3 is 10.0 Å². The van der Waals surface area contributed by atoms with Crippen molar-refractivity contribution >= 4 is 22.5 Å². The van der Waals surface area contributed by atoms with Crippen LogP contribution in [0.3, 0.4) is 0 Å². The summed E-state index contributed by atoms with van der Waals surface area (Å²) >= 11 is 6.31. The zero-order valence-corrected chi connectivity index (χ0v) is 13.8. The molecule has 1 aromatic heterocycles. The molecule has 1 aliphatic heterocycles. The van der Waals surface area contributed by atoms with E-state index in [1.165, 1.54) is 25.7 Å². The van der Waals surface area contributed by atoms with Gasteiger partial charge in [-0.2, -0.15) is 5.10 Å². The highest BCUT2D eigenvalue weighted by Gasteiger charge is 2.22. The summed E-state index contributed by atoms with van der Waals surface area (Å²) in [4.78, 5) is 2.52. The quantitative estimate of drug-likeness (QED) is 0.878. The molecule has 120 valence electrons. The lowest BCUT2D eigenvalue weighted by Gasteiger charge is -2.35. The molecule has 2 aromatic rings. The Hall–Kier alpha value is -1.10. The van der Waals surface area contributed by atoms with Gasteiger partial charge in [-0.1, -0.05) is 24.9 Å². The maximum Gasteiger partial charge on any atom is 0.0816 e. The topological polar surface area (TPSA) is 52.1 Å². The maximum atomic E-state index is 10.5. The number of aliphatic hydroxyl groups excluding tert-OH is 1. The van der Waals surface area contributed by atoms with Gasteiger partial charge in [-0.3, -0.25) is 5.10 Å². The first-order chi connectivity index (χ1) is 10.7. The van der Waals surface area contributed by atoms with Gasteiger partial charge >= 0.3 is 0 Å². The second kappa shape index (κ2) is 6.99. The molecule has 2 unspecified atom stereocenters. The summed E-state index contributed by atoms with van der Waals surface area (Å²) in [6.07, 6.45) is 7.05. The van der Waals surface area contributed by atoms with Gasteiger partial charge in [-0.15, -0.1) is 0 Å². The standard InChI is InChI=1S/C17H24ClN3O/c1-2-13-5-3-4-7-21(13)8-6-17(22)14-9-12-11-19-20-16(12)10-15(14)18/h9-11,13,17,22H,2-8H2,1H3,(H,19,20). The monoisotopic (exact) mass is 321 g/mol. The van der Waals surface area contributed by atoms with E-state index in [1.807, 2.05) is 12.1 Å². The number of rotatable bonds is 5. The van der Waals surface area contributed by atoms with Crippen LogP contribution in [0.15, 0.2) is 18.3 Å². The van der Waals surface area contributed by atoms with Crippen molar-refractivity contribution in [3.63, 3.8) is 0 Å². The molecule has 0 spiro atoms. The normalized spacial score (nSPS) is 21.3. The molecule has 5 heteroatoms. The van der Waals surface area contributed by atoms with Gasteiger partial charge in [0.2, 0.25) is 0 Å². The van der Waals surface area contributed by atoms with E-state index in [1.54, 1.807) is 6.20 Å². The fourth-order valence-electron chi connectivity index (χ4n) is 3.50. The highest BCUT2D eigenvalue weighted by molar-refractivity contribution is 6.32. The van der Waals surface area contributed by atoms with Crippen molar-refractivity contribution in [2.75, 3.05) is 13.1 Å². The second-order valence-electron chi connectivity index (χ2n) is 6.23. The summed E-state index contributed by atoms with van der Waals surface area (Å²) in [5.74, 6) is 0. The Morgan fingerprint density at radius 3 is 3.14 bits per heavy atom. The number of likely N-dealkylation sites (tertiary alicyclic amines) is 1. The van der Waals surface area contributed by atoms with Gasteiger partial charge in [0.25, 0.3) is 0 Å². The molecule has 22 heavy (non-hydrogen) atoms. The molecule has 0 radical (unpaired) electrons. The lowest BCUT2D eigenvalue weighted by Crippen LogP contribution is -2.40. The minimum Gasteiger partial charge on any atom is -0.388 e. The Balaban J connectivity index is 1.67. The third-order valence-electron chi connectivity index (χ3n) is 4.83. The number of fused-ring (bicyclic) bond motifs is 1. The van der Waals surface area contributed by atoms with E-state index < -0.39 is 6.10 Å². The van der Waals surface area contributed by atoms with Crippen molar-refractivity contribution in [3.05, 3.63) is 28.9 Å². The number of hydrogen-bond donors (Lipinski definition) is 2. The molecular weight excluding hydrogens is 298 g/mol. The predicted octanol–water partition coefficient (Wildman–Crippen LogP) is 3.90. The number of nitrogens with one attached hydrogen (secondary N) is 1. The molecule has 1 aliphatic rings. The van der Waals surface area contributed by atoms with Gasteiger partial charge in [0.15, 0.2) is 0 Å². The van der Waals surface area contributed by atoms with Crippen LogP contribution in [0.1, 0.15) is 50.7 Å². The van der Waals surface area contributed by atoms with E-state index in [0.29, 0.717) is 11.1 Å². The molecule has 1 saturated heterocycles. The fraction of sp³-hybridized carbons (Fsp3) is 0.588. The second-order valence-corrected chi connectivity index (χ2v) is 6.64. The molecular formula is C17H24ClN3O. The summed E-state index contributed by atoms with van der Waals surface area (Å²) in [5.41, 5.74) is 1.71. The highest BCUT2D eigenvalue weighted by Crippen LogP contribution is 2.30. The zero-order valence-electron chi connectivity index (χ0n) is 13.1. The Labute approximate surface area is 136 Å². The van der Waals surface area contributed by atoms with E-state index in [2.05, 4.69) is 22.0 Å². The van der Waals surface area contributed by atoms with Crippen LogP contribution in [0.5, 0.6) is 0 Å². The predicted molar refractivity (Wildman–Crippen MR) is 90.2 cm³/mol. The molecule has 4 nitrogen and oxygen atoms in total. The Kier molecular flexibility index (Phi) is 5.01. The van der Waals surface area contributed by atoms with Crippen molar-refractivity contribution in [1.82, 2.24) is 15.1 Å². The van der Waals surface area contributed by atoms with Crippen molar-refractivity contribution in [3.8, 4) is 0 Å². The smallest absolute Gasteiger partial charge is 0.0816 e. The first-order valence-electron chi connectivity index (χ1n) is 8.23. The maximum absolute atomic E-state index is 10.5. The molecule has 0 aliphatic carbocycles. The first-order valence-corrected chi connectivity index (χ1v) is 8.61. The van der Waals surface area contributed by atoms with Crippen LogP contribution in [0.4, 0.5) is 0 Å². The van der Waals surface area contributed by atoms with Crippen LogP contribution < -0.4 is 0 Å². The lowest BCUT2D eigenvalue weighted by atomic mass is 9.98. The summed E-state index contributed by atoms with van der Waals surface area (Å²) in [5, 5.41) is 19.1. The number of nitrogens with zero attached hydrogens (tertiary/aromatic N) is 2. The van der Waals surface area contributed by atoms with E-state index in [4.69, 9.17) is 11.6 Å². The van der Waals surface area contributed by atoms with Crippen molar-refractivity contribution in [2.45, 2.75) is 51.2 Å². The lowest BCUT2D eigenvalue weighted by molar-refractivity contribution is 0.101. The van der Waals surface area contributed by atoms with E-state index >= 15 is 0 Å². The number of aromatic nitrogens is 2. The molecule has 2 N–H and O–H groups in total. The summed E-state index contributed by atoms with van der Waals surface area (Å²) in [7, 11) is 0. The third kappa shape index (κ3) is 3.29. The van der Waals surface area contributed by atoms with Crippen LogP contribution in [0.25, 0.3) is 10.9 Å². The zero-order chi connectivity index (χ0) is 15.5. The van der Waals surface area contributed by atoms with Crippen molar-refractivity contribution in [1.29, 1.82) is 0 Å². The summed E-state index contributed by atoms with van der Waals surface area (Å²) < 4.78 is 0. The van der Waals surface area contributed by atoms with Crippen LogP contribution >= 0.6 is 11.6 Å². The summed E-state index contributed by atoms with van der Waals surface area (Å²) in [6, 6.07) is 4.46. The van der Waals surface area contributed by atoms with E-state index in [-0.39, 0.29) is 0 Å². The summed E-state index contributed by atoms with van der Waals surface area (Å²) in [6.45, 7) is 4.34. The van der Waals surface area contributed by atoms with Gasteiger partial charge in [0, 0.05) is 23.0 Å². The third-order valence-corrected chi connectivity index (χ3v) is 5.15. The largest absolute Gasteiger partial charge is 0.388 e. The van der Waals surface area contributed by atoms with Gasteiger partial charge in [-0.05, 0) is 49.9 Å². The molecule has 0 bridgehead atoms. The molecule has 0 amide bonds. The number of hydrogen-bond acceptors (Lipinski definition) is 3. The minimum atomic E-state index is -0.522. The average Bonchev–Trinajstić information content (AvgIpc) is 2.99. The van der Waals surface area contributed by atoms with Gasteiger partial charge in [-0.25, -0.2) is 0 Å². The molecule has 2 atom stereocenters. The fourth-order valence-corrected chi connectivity index (χ4v) is 3.79. The number of aliphatic hydroxyl groups is 1. The molecule has 3 rings (SSSR count). The van der Waals surface area contributed by atoms with Crippen LogP contribution in [0.2, 0.25) is 5.02 Å². The number of halogens is 1. The van der Waals surface area contributed by atoms with Gasteiger partial charge in [0.1, 0.15) is 0 Å². The van der Waals surface area contributed by atoms with Crippen molar-refractivity contribution in [2.24, 2.45) is 0 Å². The number of piperidine rings is 1. The number of benzene rings is 1. The van der Waals surface area contributed by atoms with Gasteiger partial charge in [0.05, 0.1) is 17.8 Å². The van der Waals surface area contributed by atoms with Crippen LogP contribution in [-0.4, -0.2) is 39.3 Å². The van der Waals surface area contributed by atoms with E-state index in [0.717, 1.165) is 36.0 Å². The Morgan fingerprint density at radius 1 is 1.45 bits per heavy atom. The molecule has 1 aromatic carbocycles. The average molecular weight is 322 g/mol. The van der Waals surface area contributed by atoms with Crippen LogP contribution in [0, 0.1) is 0 Å².